The zero-order valence-electron chi connectivity index (χ0n) is 17.8. The Kier molecular flexibility index (Phi) is 4.99. The highest BCUT2D eigenvalue weighted by Gasteiger charge is 2.33. The van der Waals surface area contributed by atoms with Gasteiger partial charge in [-0.3, -0.25) is 9.48 Å². The normalized spacial score (nSPS) is 15.5. The lowest BCUT2D eigenvalue weighted by Gasteiger charge is -2.33. The first-order valence-electron chi connectivity index (χ1n) is 10.3. The quantitative estimate of drug-likeness (QED) is 0.443. The van der Waals surface area contributed by atoms with Gasteiger partial charge in [-0.1, -0.05) is 6.07 Å². The van der Waals surface area contributed by atoms with Gasteiger partial charge in [-0.25, -0.2) is 13.2 Å². The summed E-state index contributed by atoms with van der Waals surface area (Å²) in [6.07, 6.45) is 3.55. The number of hydrogen-bond donors (Lipinski definition) is 0. The van der Waals surface area contributed by atoms with Gasteiger partial charge in [-0.2, -0.15) is 20.1 Å². The zero-order valence-corrected chi connectivity index (χ0v) is 17.8. The summed E-state index contributed by atoms with van der Waals surface area (Å²) in [7, 11) is 1.66. The third-order valence-corrected chi connectivity index (χ3v) is 5.90. The summed E-state index contributed by atoms with van der Waals surface area (Å²) in [5.74, 6) is -4.19. The Bertz CT molecular complexity index is 1340. The van der Waals surface area contributed by atoms with E-state index >= 15 is 0 Å². The molecule has 4 aromatic rings. The molecule has 1 aliphatic heterocycles. The molecular weight excluding hydrogens is 433 g/mol. The van der Waals surface area contributed by atoms with Crippen molar-refractivity contribution in [3.63, 3.8) is 0 Å². The van der Waals surface area contributed by atoms with Crippen molar-refractivity contribution in [3.8, 4) is 16.9 Å². The number of aryl methyl sites for hydroxylation is 1. The van der Waals surface area contributed by atoms with Crippen molar-refractivity contribution in [1.29, 1.82) is 0 Å². The minimum absolute atomic E-state index is 0.173. The summed E-state index contributed by atoms with van der Waals surface area (Å²) in [4.78, 5) is 16.5. The van der Waals surface area contributed by atoms with Crippen molar-refractivity contribution in [2.45, 2.75) is 19.4 Å². The Morgan fingerprint density at radius 3 is 2.45 bits per heavy atom. The average molecular weight is 452 g/mol. The highest BCUT2D eigenvalue weighted by atomic mass is 19.2. The summed E-state index contributed by atoms with van der Waals surface area (Å²) in [6.45, 7) is 2.25. The molecule has 0 saturated carbocycles. The fourth-order valence-electron chi connectivity index (χ4n) is 4.35. The summed E-state index contributed by atoms with van der Waals surface area (Å²) in [6, 6.07) is 8.58. The summed E-state index contributed by atoms with van der Waals surface area (Å²) >= 11 is 0. The minimum atomic E-state index is -1.51. The van der Waals surface area contributed by atoms with Gasteiger partial charge in [0.2, 0.25) is 0 Å². The second-order valence-corrected chi connectivity index (χ2v) is 7.88. The molecule has 0 N–H and O–H groups in total. The van der Waals surface area contributed by atoms with Crippen molar-refractivity contribution < 1.29 is 18.0 Å². The second-order valence-electron chi connectivity index (χ2n) is 7.88. The van der Waals surface area contributed by atoms with Crippen molar-refractivity contribution in [3.05, 3.63) is 83.1 Å². The Morgan fingerprint density at radius 2 is 1.76 bits per heavy atom. The molecule has 33 heavy (non-hydrogen) atoms. The van der Waals surface area contributed by atoms with Crippen LogP contribution in [-0.2, 0) is 13.5 Å². The fraction of sp³-hybridized carbons (Fsp3) is 0.217. The molecule has 2 aromatic carbocycles. The van der Waals surface area contributed by atoms with Crippen LogP contribution < -0.4 is 0 Å². The number of carbonyl (C=O) groups is 1. The van der Waals surface area contributed by atoms with Gasteiger partial charge in [-0.15, -0.1) is 0 Å². The first-order chi connectivity index (χ1) is 15.8. The maximum Gasteiger partial charge on any atom is 0.254 e. The van der Waals surface area contributed by atoms with Gasteiger partial charge >= 0.3 is 0 Å². The van der Waals surface area contributed by atoms with E-state index in [1.807, 2.05) is 6.92 Å². The summed E-state index contributed by atoms with van der Waals surface area (Å²) in [5, 5.41) is 12.7. The molecular formula is C23H19F3N6O. The van der Waals surface area contributed by atoms with Crippen molar-refractivity contribution in [2.75, 3.05) is 6.54 Å². The van der Waals surface area contributed by atoms with Gasteiger partial charge < -0.3 is 4.90 Å². The lowest BCUT2D eigenvalue weighted by Crippen LogP contribution is -2.39. The van der Waals surface area contributed by atoms with E-state index in [0.29, 0.717) is 35.6 Å². The van der Waals surface area contributed by atoms with E-state index < -0.39 is 17.5 Å². The number of carbonyl (C=O) groups excluding carboxylic acids is 1. The van der Waals surface area contributed by atoms with Gasteiger partial charge in [0.25, 0.3) is 5.91 Å². The molecule has 5 rings (SSSR count). The molecule has 1 amide bonds. The minimum Gasteiger partial charge on any atom is -0.330 e. The number of rotatable bonds is 3. The summed E-state index contributed by atoms with van der Waals surface area (Å²) in [5.41, 5.74) is 3.29. The van der Waals surface area contributed by atoms with E-state index in [4.69, 9.17) is 0 Å². The lowest BCUT2D eigenvalue weighted by molar-refractivity contribution is 0.0673. The molecule has 0 fully saturated rings. The highest BCUT2D eigenvalue weighted by Crippen LogP contribution is 2.36. The number of halogens is 3. The SMILES string of the molecule is C[C@H]1c2nn(C)c(-c3cc(F)c(F)c(F)c3)c2CCN1C(=O)c1cccc(-n2nccn2)c1. The molecule has 0 aliphatic carbocycles. The molecule has 10 heteroatoms. The molecule has 2 aromatic heterocycles. The first-order valence-corrected chi connectivity index (χ1v) is 10.3. The van der Waals surface area contributed by atoms with Crippen molar-refractivity contribution >= 4 is 5.91 Å². The molecule has 7 nitrogen and oxygen atoms in total. The molecule has 168 valence electrons. The van der Waals surface area contributed by atoms with E-state index in [1.54, 1.807) is 48.6 Å². The topological polar surface area (TPSA) is 68.8 Å². The predicted octanol–water partition coefficient (Wildman–Crippen LogP) is 3.84. The second kappa shape index (κ2) is 7.88. The van der Waals surface area contributed by atoms with E-state index in [2.05, 4.69) is 15.3 Å². The molecule has 1 atom stereocenters. The molecule has 0 spiro atoms. The molecule has 0 saturated heterocycles. The van der Waals surface area contributed by atoms with Crippen LogP contribution in [0.1, 0.15) is 34.6 Å². The summed E-state index contributed by atoms with van der Waals surface area (Å²) < 4.78 is 42.7. The molecule has 1 aliphatic rings. The van der Waals surface area contributed by atoms with E-state index in [-0.39, 0.29) is 17.5 Å². The van der Waals surface area contributed by atoms with Crippen LogP contribution in [0.5, 0.6) is 0 Å². The van der Waals surface area contributed by atoms with E-state index in [9.17, 15) is 18.0 Å². The molecule has 3 heterocycles. The van der Waals surface area contributed by atoms with Gasteiger partial charge in [0.1, 0.15) is 0 Å². The largest absolute Gasteiger partial charge is 0.330 e. The average Bonchev–Trinajstić information content (AvgIpc) is 3.45. The van der Waals surface area contributed by atoms with Crippen LogP contribution >= 0.6 is 0 Å². The van der Waals surface area contributed by atoms with Crippen LogP contribution in [0.3, 0.4) is 0 Å². The fourth-order valence-corrected chi connectivity index (χ4v) is 4.35. The number of amides is 1. The smallest absolute Gasteiger partial charge is 0.254 e. The number of nitrogens with zero attached hydrogens (tertiary/aromatic N) is 6. The Morgan fingerprint density at radius 1 is 1.06 bits per heavy atom. The molecule has 0 radical (unpaired) electrons. The third-order valence-electron chi connectivity index (χ3n) is 5.90. The Hall–Kier alpha value is -3.95. The standard InChI is InChI=1S/C23H19F3N6O/c1-13-21-17(22(30(2)29-21)15-11-18(24)20(26)19(25)12-15)6-9-31(13)23(33)14-4-3-5-16(10-14)32-27-7-8-28-32/h3-5,7-8,10-13H,6,9H2,1-2H3/t13-/m0/s1. The van der Waals surface area contributed by atoms with Crippen LogP contribution in [-0.4, -0.2) is 42.1 Å². The number of aromatic nitrogens is 5. The van der Waals surface area contributed by atoms with Crippen molar-refractivity contribution in [2.24, 2.45) is 7.05 Å². The zero-order chi connectivity index (χ0) is 23.3. The number of hydrogen-bond acceptors (Lipinski definition) is 4. The van der Waals surface area contributed by atoms with E-state index in [1.165, 1.54) is 9.48 Å². The first kappa shape index (κ1) is 20.9. The Balaban J connectivity index is 1.48. The van der Waals surface area contributed by atoms with Crippen LogP contribution in [0.4, 0.5) is 13.2 Å². The van der Waals surface area contributed by atoms with Crippen LogP contribution in [0.2, 0.25) is 0 Å². The maximum atomic E-state index is 13.9. The third kappa shape index (κ3) is 3.47. The Labute approximate surface area is 187 Å². The van der Waals surface area contributed by atoms with Crippen LogP contribution in [0, 0.1) is 17.5 Å². The van der Waals surface area contributed by atoms with E-state index in [0.717, 1.165) is 17.7 Å². The van der Waals surface area contributed by atoms with Crippen LogP contribution in [0.15, 0.2) is 48.8 Å². The van der Waals surface area contributed by atoms with Gasteiger partial charge in [-0.05, 0) is 43.7 Å². The van der Waals surface area contributed by atoms with Crippen molar-refractivity contribution in [1.82, 2.24) is 29.7 Å². The number of benzene rings is 2. The predicted molar refractivity (Wildman–Crippen MR) is 113 cm³/mol. The van der Waals surface area contributed by atoms with Crippen LogP contribution in [0.25, 0.3) is 16.9 Å². The highest BCUT2D eigenvalue weighted by molar-refractivity contribution is 5.95. The molecule has 0 unspecified atom stereocenters. The van der Waals surface area contributed by atoms with Gasteiger partial charge in [0, 0.05) is 30.3 Å². The number of fused-ring (bicyclic) bond motifs is 1. The monoisotopic (exact) mass is 452 g/mol. The molecule has 0 bridgehead atoms. The van der Waals surface area contributed by atoms with Gasteiger partial charge in [0.15, 0.2) is 17.5 Å². The lowest BCUT2D eigenvalue weighted by atomic mass is 9.95. The van der Waals surface area contributed by atoms with Gasteiger partial charge in [0.05, 0.1) is 35.5 Å². The maximum absolute atomic E-state index is 13.9.